The zero-order chi connectivity index (χ0) is 22.0. The highest BCUT2D eigenvalue weighted by Gasteiger charge is 2.22. The third kappa shape index (κ3) is 4.64. The third-order valence-corrected chi connectivity index (χ3v) is 7.54. The van der Waals surface area contributed by atoms with Crippen LogP contribution in [0.5, 0.6) is 5.75 Å². The highest BCUT2D eigenvalue weighted by molar-refractivity contribution is 14.1. The Morgan fingerprint density at radius 2 is 1.77 bits per heavy atom. The number of rotatable bonds is 6. The molecule has 0 amide bonds. The van der Waals surface area contributed by atoms with Crippen molar-refractivity contribution in [2.24, 2.45) is 0 Å². The summed E-state index contributed by atoms with van der Waals surface area (Å²) in [4.78, 5) is 19.3. The van der Waals surface area contributed by atoms with Gasteiger partial charge in [0, 0.05) is 6.42 Å². The number of fused-ring (bicyclic) bond motifs is 1. The SMILES string of the molecule is COc1cccc(CS(=O)(=O)c2nc(Cc3cccc4ccccc34)c(I)c(=O)[nH]2)c1. The van der Waals surface area contributed by atoms with Gasteiger partial charge >= 0.3 is 0 Å². The van der Waals surface area contributed by atoms with Crippen molar-refractivity contribution in [2.45, 2.75) is 17.3 Å². The van der Waals surface area contributed by atoms with Crippen LogP contribution in [0.25, 0.3) is 10.8 Å². The Hall–Kier alpha value is -2.72. The Morgan fingerprint density at radius 3 is 2.58 bits per heavy atom. The molecule has 8 heteroatoms. The monoisotopic (exact) mass is 546 g/mol. The molecule has 1 N–H and O–H groups in total. The zero-order valence-corrected chi connectivity index (χ0v) is 19.6. The van der Waals surface area contributed by atoms with E-state index in [4.69, 9.17) is 4.74 Å². The van der Waals surface area contributed by atoms with Gasteiger partial charge in [-0.2, -0.15) is 0 Å². The molecular weight excluding hydrogens is 527 g/mol. The highest BCUT2D eigenvalue weighted by atomic mass is 127. The van der Waals surface area contributed by atoms with E-state index in [1.807, 2.05) is 65.1 Å². The van der Waals surface area contributed by atoms with Gasteiger partial charge in [-0.25, -0.2) is 13.4 Å². The molecule has 1 heterocycles. The number of benzene rings is 3. The van der Waals surface area contributed by atoms with Gasteiger partial charge in [-0.15, -0.1) is 0 Å². The molecule has 0 atom stereocenters. The summed E-state index contributed by atoms with van der Waals surface area (Å²) in [6, 6.07) is 20.7. The molecular formula is C23H19IN2O4S. The fraction of sp³-hybridized carbons (Fsp3) is 0.130. The lowest BCUT2D eigenvalue weighted by Gasteiger charge is -2.10. The van der Waals surface area contributed by atoms with Gasteiger partial charge in [-0.05, 0) is 56.6 Å². The standard InChI is InChI=1S/C23H19IN2O4S/c1-30-18-10-4-6-15(12-18)14-31(28,29)23-25-20(21(24)22(27)26-23)13-17-9-5-8-16-7-2-3-11-19(16)17/h2-12H,13-14H2,1H3,(H,25,26,27). The molecule has 0 aliphatic heterocycles. The molecule has 0 fully saturated rings. The second-order valence-electron chi connectivity index (χ2n) is 7.06. The molecule has 0 saturated heterocycles. The number of halogens is 1. The van der Waals surface area contributed by atoms with Crippen LogP contribution in [0, 0.1) is 3.57 Å². The number of sulfone groups is 1. The van der Waals surface area contributed by atoms with Crippen molar-refractivity contribution in [2.75, 3.05) is 7.11 Å². The van der Waals surface area contributed by atoms with Crippen molar-refractivity contribution in [1.29, 1.82) is 0 Å². The van der Waals surface area contributed by atoms with Crippen molar-refractivity contribution in [3.63, 3.8) is 0 Å². The van der Waals surface area contributed by atoms with Crippen LogP contribution in [0.4, 0.5) is 0 Å². The van der Waals surface area contributed by atoms with E-state index in [-0.39, 0.29) is 10.9 Å². The fourth-order valence-corrected chi connectivity index (χ4v) is 5.12. The molecule has 31 heavy (non-hydrogen) atoms. The van der Waals surface area contributed by atoms with Gasteiger partial charge in [0.25, 0.3) is 5.56 Å². The van der Waals surface area contributed by atoms with Gasteiger partial charge in [0.15, 0.2) is 0 Å². The number of aromatic nitrogens is 2. The topological polar surface area (TPSA) is 89.1 Å². The first-order valence-corrected chi connectivity index (χ1v) is 12.2. The van der Waals surface area contributed by atoms with Crippen molar-refractivity contribution in [3.05, 3.63) is 97.5 Å². The van der Waals surface area contributed by atoms with E-state index >= 15 is 0 Å². The van der Waals surface area contributed by atoms with Gasteiger partial charge in [0.1, 0.15) is 9.32 Å². The van der Waals surface area contributed by atoms with Crippen molar-refractivity contribution in [1.82, 2.24) is 9.97 Å². The summed E-state index contributed by atoms with van der Waals surface area (Å²) in [5.74, 6) is 0.273. The molecule has 1 aromatic heterocycles. The van der Waals surface area contributed by atoms with Gasteiger partial charge < -0.3 is 4.74 Å². The maximum Gasteiger partial charge on any atom is 0.265 e. The van der Waals surface area contributed by atoms with Crippen LogP contribution < -0.4 is 10.3 Å². The van der Waals surface area contributed by atoms with Crippen LogP contribution in [0.3, 0.4) is 0 Å². The first-order valence-electron chi connectivity index (χ1n) is 9.48. The van der Waals surface area contributed by atoms with E-state index in [1.165, 1.54) is 7.11 Å². The Bertz CT molecular complexity index is 1430. The molecule has 0 aliphatic carbocycles. The lowest BCUT2D eigenvalue weighted by Crippen LogP contribution is -2.22. The highest BCUT2D eigenvalue weighted by Crippen LogP contribution is 2.23. The minimum absolute atomic E-state index is 0.290. The first-order chi connectivity index (χ1) is 14.9. The molecule has 0 bridgehead atoms. The quantitative estimate of drug-likeness (QED) is 0.291. The second kappa shape index (κ2) is 8.80. The molecule has 4 rings (SSSR count). The minimum atomic E-state index is -3.86. The Balaban J connectivity index is 1.73. The predicted octanol–water partition coefficient (Wildman–Crippen LogP) is 4.10. The number of nitrogens with zero attached hydrogens (tertiary/aromatic N) is 1. The van der Waals surface area contributed by atoms with Crippen LogP contribution in [-0.4, -0.2) is 25.5 Å². The summed E-state index contributed by atoms with van der Waals surface area (Å²) < 4.78 is 31.6. The van der Waals surface area contributed by atoms with Crippen LogP contribution in [0.2, 0.25) is 0 Å². The average molecular weight is 546 g/mol. The van der Waals surface area contributed by atoms with Crippen LogP contribution >= 0.6 is 22.6 Å². The van der Waals surface area contributed by atoms with Crippen LogP contribution in [0.1, 0.15) is 16.8 Å². The third-order valence-electron chi connectivity index (χ3n) is 4.93. The maximum absolute atomic E-state index is 13.0. The predicted molar refractivity (Wildman–Crippen MR) is 128 cm³/mol. The summed E-state index contributed by atoms with van der Waals surface area (Å²) in [6.07, 6.45) is 0.352. The van der Waals surface area contributed by atoms with E-state index in [0.29, 0.717) is 27.0 Å². The van der Waals surface area contributed by atoms with E-state index < -0.39 is 15.4 Å². The maximum atomic E-state index is 13.0. The minimum Gasteiger partial charge on any atom is -0.497 e. The van der Waals surface area contributed by atoms with Gasteiger partial charge in [0.05, 0.1) is 18.6 Å². The smallest absolute Gasteiger partial charge is 0.265 e. The molecule has 0 spiro atoms. The Morgan fingerprint density at radius 1 is 1.03 bits per heavy atom. The molecule has 6 nitrogen and oxygen atoms in total. The summed E-state index contributed by atoms with van der Waals surface area (Å²) in [5.41, 5.74) is 1.50. The zero-order valence-electron chi connectivity index (χ0n) is 16.6. The number of hydrogen-bond donors (Lipinski definition) is 1. The number of aromatic amines is 1. The van der Waals surface area contributed by atoms with Gasteiger partial charge in [-0.1, -0.05) is 54.6 Å². The molecule has 0 unspecified atom stereocenters. The van der Waals surface area contributed by atoms with Crippen LogP contribution in [0.15, 0.2) is 76.7 Å². The summed E-state index contributed by atoms with van der Waals surface area (Å²) >= 11 is 1.92. The number of ether oxygens (including phenoxy) is 1. The normalized spacial score (nSPS) is 11.5. The second-order valence-corrected chi connectivity index (χ2v) is 10.0. The van der Waals surface area contributed by atoms with E-state index in [9.17, 15) is 13.2 Å². The van der Waals surface area contributed by atoms with Gasteiger partial charge in [-0.3, -0.25) is 9.78 Å². The van der Waals surface area contributed by atoms with Crippen molar-refractivity contribution < 1.29 is 13.2 Å². The molecule has 0 aliphatic rings. The fourth-order valence-electron chi connectivity index (χ4n) is 3.42. The number of hydrogen-bond acceptors (Lipinski definition) is 5. The molecule has 158 valence electrons. The molecule has 0 saturated carbocycles. The molecule has 0 radical (unpaired) electrons. The van der Waals surface area contributed by atoms with Crippen molar-refractivity contribution >= 4 is 43.2 Å². The number of methoxy groups -OCH3 is 1. The van der Waals surface area contributed by atoms with E-state index in [1.54, 1.807) is 24.3 Å². The molecule has 4 aromatic rings. The Kier molecular flexibility index (Phi) is 6.10. The van der Waals surface area contributed by atoms with Crippen LogP contribution in [-0.2, 0) is 22.0 Å². The number of H-pyrrole nitrogens is 1. The summed E-state index contributed by atoms with van der Waals surface area (Å²) in [7, 11) is -2.34. The van der Waals surface area contributed by atoms with E-state index in [0.717, 1.165) is 16.3 Å². The lowest BCUT2D eigenvalue weighted by atomic mass is 10.0. The van der Waals surface area contributed by atoms with E-state index in [2.05, 4.69) is 9.97 Å². The molecule has 3 aromatic carbocycles. The lowest BCUT2D eigenvalue weighted by molar-refractivity contribution is 0.414. The average Bonchev–Trinajstić information content (AvgIpc) is 2.76. The largest absolute Gasteiger partial charge is 0.497 e. The summed E-state index contributed by atoms with van der Waals surface area (Å²) in [6.45, 7) is 0. The van der Waals surface area contributed by atoms with Crippen molar-refractivity contribution in [3.8, 4) is 5.75 Å². The first kappa shape index (κ1) is 21.5. The number of nitrogens with one attached hydrogen (secondary N) is 1. The Labute approximate surface area is 193 Å². The van der Waals surface area contributed by atoms with Gasteiger partial charge in [0.2, 0.25) is 15.0 Å². The summed E-state index contributed by atoms with van der Waals surface area (Å²) in [5, 5.41) is 1.80.